The van der Waals surface area contributed by atoms with E-state index in [9.17, 15) is 9.59 Å². The van der Waals surface area contributed by atoms with E-state index in [4.69, 9.17) is 5.11 Å². The van der Waals surface area contributed by atoms with E-state index in [1.165, 1.54) is 12.1 Å². The van der Waals surface area contributed by atoms with Crippen molar-refractivity contribution in [1.29, 1.82) is 0 Å². The molecule has 0 spiro atoms. The van der Waals surface area contributed by atoms with Gasteiger partial charge in [0.2, 0.25) is 5.91 Å². The van der Waals surface area contributed by atoms with Gasteiger partial charge in [0.1, 0.15) is 17.0 Å². The highest BCUT2D eigenvalue weighted by molar-refractivity contribution is 7.21. The molecule has 1 amide bonds. The van der Waals surface area contributed by atoms with Crippen molar-refractivity contribution in [3.63, 3.8) is 0 Å². The lowest BCUT2D eigenvalue weighted by Gasteiger charge is -2.18. The smallest absolute Gasteiger partial charge is 0.335 e. The van der Waals surface area contributed by atoms with E-state index in [1.807, 2.05) is 30.1 Å². The van der Waals surface area contributed by atoms with Crippen LogP contribution in [0.5, 0.6) is 0 Å². The fraction of sp³-hybridized carbons (Fsp3) is 0.130. The second-order valence-electron chi connectivity index (χ2n) is 7.00. The Morgan fingerprint density at radius 3 is 2.52 bits per heavy atom. The number of nitrogens with one attached hydrogen (secondary N) is 1. The molecule has 8 heteroatoms. The van der Waals surface area contributed by atoms with Crippen molar-refractivity contribution in [3.8, 4) is 10.4 Å². The number of carboxylic acids is 1. The Morgan fingerprint density at radius 1 is 1.06 bits per heavy atom. The van der Waals surface area contributed by atoms with E-state index in [2.05, 4.69) is 33.5 Å². The number of hydrogen-bond donors (Lipinski definition) is 2. The molecule has 0 radical (unpaired) electrons. The van der Waals surface area contributed by atoms with E-state index < -0.39 is 5.97 Å². The first-order valence-corrected chi connectivity index (χ1v) is 10.5. The van der Waals surface area contributed by atoms with Gasteiger partial charge < -0.3 is 15.3 Å². The maximum absolute atomic E-state index is 12.3. The van der Waals surface area contributed by atoms with Crippen LogP contribution in [0.15, 0.2) is 67.0 Å². The Balaban J connectivity index is 1.43. The van der Waals surface area contributed by atoms with E-state index in [0.717, 1.165) is 26.5 Å². The summed E-state index contributed by atoms with van der Waals surface area (Å²) >= 11 is 1.61. The molecule has 2 heterocycles. The van der Waals surface area contributed by atoms with Gasteiger partial charge in [0.25, 0.3) is 0 Å². The van der Waals surface area contributed by atoms with Gasteiger partial charge in [-0.2, -0.15) is 0 Å². The minimum atomic E-state index is -1.00. The molecule has 0 fully saturated rings. The average Bonchev–Trinajstić information content (AvgIpc) is 3.23. The normalized spacial score (nSPS) is 10.7. The van der Waals surface area contributed by atoms with Gasteiger partial charge in [0.05, 0.1) is 10.9 Å². The number of carbonyl (C=O) groups excluding carboxylic acids is 1. The van der Waals surface area contributed by atoms with Crippen molar-refractivity contribution in [3.05, 3.63) is 72.6 Å². The number of aromatic nitrogens is 2. The number of carboxylic acid groups (broad SMARTS) is 1. The third-order valence-electron chi connectivity index (χ3n) is 4.82. The van der Waals surface area contributed by atoms with Gasteiger partial charge in [-0.25, -0.2) is 14.8 Å². The van der Waals surface area contributed by atoms with Gasteiger partial charge in [0.15, 0.2) is 0 Å². The maximum atomic E-state index is 12.3. The zero-order valence-electron chi connectivity index (χ0n) is 16.8. The van der Waals surface area contributed by atoms with E-state index in [1.54, 1.807) is 29.8 Å². The largest absolute Gasteiger partial charge is 0.478 e. The topological polar surface area (TPSA) is 95.4 Å². The quantitative estimate of drug-likeness (QED) is 0.446. The number of fused-ring (bicyclic) bond motifs is 1. The van der Waals surface area contributed by atoms with Crippen LogP contribution in [0.1, 0.15) is 16.8 Å². The van der Waals surface area contributed by atoms with E-state index >= 15 is 0 Å². The molecule has 0 atom stereocenters. The van der Waals surface area contributed by atoms with Crippen LogP contribution in [-0.2, 0) is 4.79 Å². The van der Waals surface area contributed by atoms with Crippen LogP contribution < -0.4 is 10.2 Å². The summed E-state index contributed by atoms with van der Waals surface area (Å²) in [6, 6.07) is 18.3. The second kappa shape index (κ2) is 8.93. The summed E-state index contributed by atoms with van der Waals surface area (Å²) < 4.78 is 0. The molecule has 4 rings (SSSR count). The molecule has 0 saturated heterocycles. The highest BCUT2D eigenvalue weighted by Gasteiger charge is 2.14. The van der Waals surface area contributed by atoms with Gasteiger partial charge >= 0.3 is 5.97 Å². The van der Waals surface area contributed by atoms with E-state index in [0.29, 0.717) is 12.2 Å². The third-order valence-corrected chi connectivity index (χ3v) is 5.91. The van der Waals surface area contributed by atoms with Crippen LogP contribution in [-0.4, -0.2) is 40.5 Å². The van der Waals surface area contributed by atoms with Gasteiger partial charge in [-0.1, -0.05) is 30.3 Å². The number of benzene rings is 2. The number of amides is 1. The summed E-state index contributed by atoms with van der Waals surface area (Å²) in [4.78, 5) is 36.1. The SMILES string of the molecule is CN(CCC(=O)Nc1ccc(C(=O)O)cc1)c1ncnc2sc(-c3ccccc3)cc12. The first-order valence-electron chi connectivity index (χ1n) is 9.65. The molecule has 156 valence electrons. The molecule has 2 aromatic carbocycles. The number of aromatic carboxylic acids is 1. The number of nitrogens with zero attached hydrogens (tertiary/aromatic N) is 3. The Hall–Kier alpha value is -3.78. The van der Waals surface area contributed by atoms with E-state index in [-0.39, 0.29) is 17.9 Å². The third kappa shape index (κ3) is 4.70. The number of hydrogen-bond acceptors (Lipinski definition) is 6. The summed E-state index contributed by atoms with van der Waals surface area (Å²) in [6.45, 7) is 0.474. The molecule has 0 aliphatic carbocycles. The van der Waals surface area contributed by atoms with Crippen molar-refractivity contribution < 1.29 is 14.7 Å². The lowest BCUT2D eigenvalue weighted by Crippen LogP contribution is -2.24. The Morgan fingerprint density at radius 2 is 1.81 bits per heavy atom. The molecule has 31 heavy (non-hydrogen) atoms. The summed E-state index contributed by atoms with van der Waals surface area (Å²) in [6.07, 6.45) is 1.81. The Kier molecular flexibility index (Phi) is 5.90. The van der Waals surface area contributed by atoms with Crippen molar-refractivity contribution in [2.24, 2.45) is 0 Å². The van der Waals surface area contributed by atoms with Crippen molar-refractivity contribution in [2.75, 3.05) is 23.8 Å². The Labute approximate surface area is 183 Å². The van der Waals surface area contributed by atoms with Crippen molar-refractivity contribution in [1.82, 2.24) is 9.97 Å². The van der Waals surface area contributed by atoms with Gasteiger partial charge in [-0.05, 0) is 35.9 Å². The van der Waals surface area contributed by atoms with Crippen LogP contribution in [0.2, 0.25) is 0 Å². The molecule has 0 aliphatic rings. The monoisotopic (exact) mass is 432 g/mol. The number of thiophene rings is 1. The van der Waals surface area contributed by atoms with Crippen LogP contribution in [0.3, 0.4) is 0 Å². The average molecular weight is 433 g/mol. The lowest BCUT2D eigenvalue weighted by atomic mass is 10.2. The molecule has 4 aromatic rings. The molecule has 0 unspecified atom stereocenters. The molecular weight excluding hydrogens is 412 g/mol. The molecule has 2 N–H and O–H groups in total. The number of rotatable bonds is 7. The first-order chi connectivity index (χ1) is 15.0. The van der Waals surface area contributed by atoms with Gasteiger partial charge in [-0.3, -0.25) is 4.79 Å². The zero-order chi connectivity index (χ0) is 21.8. The fourth-order valence-electron chi connectivity index (χ4n) is 3.19. The predicted octanol–water partition coefficient (Wildman–Crippen LogP) is 4.52. The molecule has 0 aliphatic heterocycles. The lowest BCUT2D eigenvalue weighted by molar-refractivity contribution is -0.116. The highest BCUT2D eigenvalue weighted by atomic mass is 32.1. The van der Waals surface area contributed by atoms with Crippen LogP contribution in [0.4, 0.5) is 11.5 Å². The Bertz CT molecular complexity index is 1220. The van der Waals surface area contributed by atoms with Crippen molar-refractivity contribution >= 4 is 44.9 Å². The van der Waals surface area contributed by atoms with Gasteiger partial charge in [0, 0.05) is 30.6 Å². The number of carbonyl (C=O) groups is 2. The molecule has 7 nitrogen and oxygen atoms in total. The van der Waals surface area contributed by atoms with Crippen LogP contribution in [0.25, 0.3) is 20.7 Å². The minimum Gasteiger partial charge on any atom is -0.478 e. The molecular formula is C23H20N4O3S. The fourth-order valence-corrected chi connectivity index (χ4v) is 4.19. The highest BCUT2D eigenvalue weighted by Crippen LogP contribution is 2.35. The first kappa shape index (κ1) is 20.5. The zero-order valence-corrected chi connectivity index (χ0v) is 17.6. The second-order valence-corrected chi connectivity index (χ2v) is 8.03. The summed E-state index contributed by atoms with van der Waals surface area (Å²) in [5, 5.41) is 12.7. The van der Waals surface area contributed by atoms with Crippen LogP contribution >= 0.6 is 11.3 Å². The molecule has 0 saturated carbocycles. The summed E-state index contributed by atoms with van der Waals surface area (Å²) in [5.74, 6) is -0.378. The van der Waals surface area contributed by atoms with Crippen molar-refractivity contribution in [2.45, 2.75) is 6.42 Å². The number of anilines is 2. The molecule has 0 bridgehead atoms. The summed E-state index contributed by atoms with van der Waals surface area (Å²) in [5.41, 5.74) is 1.87. The maximum Gasteiger partial charge on any atom is 0.335 e. The van der Waals surface area contributed by atoms with Crippen LogP contribution in [0, 0.1) is 0 Å². The summed E-state index contributed by atoms with van der Waals surface area (Å²) in [7, 11) is 1.90. The standard InChI is InChI=1S/C23H20N4O3S/c1-27(12-11-20(28)26-17-9-7-16(8-10-17)23(29)30)21-18-13-19(15-5-3-2-4-6-15)31-22(18)25-14-24-21/h2-10,13-14H,11-12H2,1H3,(H,26,28)(H,29,30). The van der Waals surface area contributed by atoms with Gasteiger partial charge in [-0.15, -0.1) is 11.3 Å². The molecule has 2 aromatic heterocycles. The minimum absolute atomic E-state index is 0.157. The predicted molar refractivity (Wildman–Crippen MR) is 123 cm³/mol.